The predicted octanol–water partition coefficient (Wildman–Crippen LogP) is 4.76. The molecule has 20 heavy (non-hydrogen) atoms. The number of hydrazine groups is 1. The molecule has 0 saturated carbocycles. The van der Waals surface area contributed by atoms with Crippen LogP contribution in [0.3, 0.4) is 0 Å². The standard InChI is InChI=1S/C14H12BrCl2FN2/c1-7-4-8(6-9(16)5-7)14(20-19)10-2-3-11(15)12(17)13(10)18/h2-6,14,20H,19H2,1H3. The Bertz CT molecular complexity index is 629. The summed E-state index contributed by atoms with van der Waals surface area (Å²) < 4.78 is 14.8. The van der Waals surface area contributed by atoms with Gasteiger partial charge in [0.2, 0.25) is 0 Å². The Morgan fingerprint density at radius 1 is 1.25 bits per heavy atom. The third kappa shape index (κ3) is 3.15. The van der Waals surface area contributed by atoms with E-state index in [2.05, 4.69) is 21.4 Å². The Morgan fingerprint density at radius 3 is 2.55 bits per heavy atom. The molecule has 0 aliphatic rings. The molecule has 2 aromatic carbocycles. The number of nitrogens with two attached hydrogens (primary N) is 1. The fourth-order valence-electron chi connectivity index (χ4n) is 2.06. The molecule has 0 fully saturated rings. The second kappa shape index (κ2) is 6.41. The summed E-state index contributed by atoms with van der Waals surface area (Å²) in [6.07, 6.45) is 0. The van der Waals surface area contributed by atoms with Crippen molar-refractivity contribution in [2.45, 2.75) is 13.0 Å². The second-order valence-electron chi connectivity index (χ2n) is 4.43. The molecule has 0 aromatic heterocycles. The van der Waals surface area contributed by atoms with E-state index >= 15 is 0 Å². The highest BCUT2D eigenvalue weighted by atomic mass is 79.9. The van der Waals surface area contributed by atoms with Crippen LogP contribution < -0.4 is 11.3 Å². The van der Waals surface area contributed by atoms with E-state index in [0.29, 0.717) is 15.1 Å². The van der Waals surface area contributed by atoms with Crippen LogP contribution >= 0.6 is 39.1 Å². The third-order valence-corrected chi connectivity index (χ3v) is 4.42. The second-order valence-corrected chi connectivity index (χ2v) is 6.09. The van der Waals surface area contributed by atoms with E-state index in [9.17, 15) is 4.39 Å². The minimum absolute atomic E-state index is 0.0292. The van der Waals surface area contributed by atoms with Crippen LogP contribution in [0.4, 0.5) is 4.39 Å². The Balaban J connectivity index is 2.55. The molecule has 0 amide bonds. The lowest BCUT2D eigenvalue weighted by atomic mass is 9.97. The molecule has 0 bridgehead atoms. The maximum atomic E-state index is 14.3. The molecular weight excluding hydrogens is 366 g/mol. The number of benzene rings is 2. The molecule has 3 N–H and O–H groups in total. The van der Waals surface area contributed by atoms with Crippen LogP contribution in [0.25, 0.3) is 0 Å². The molecule has 0 aliphatic carbocycles. The van der Waals surface area contributed by atoms with Gasteiger partial charge in [-0.15, -0.1) is 0 Å². The van der Waals surface area contributed by atoms with Crippen molar-refractivity contribution in [2.24, 2.45) is 5.84 Å². The van der Waals surface area contributed by atoms with Crippen molar-refractivity contribution < 1.29 is 4.39 Å². The van der Waals surface area contributed by atoms with Gasteiger partial charge in [0.1, 0.15) is 5.82 Å². The molecular formula is C14H12BrCl2FN2. The summed E-state index contributed by atoms with van der Waals surface area (Å²) in [4.78, 5) is 0. The SMILES string of the molecule is Cc1cc(Cl)cc(C(NN)c2ccc(Br)c(Cl)c2F)c1. The van der Waals surface area contributed by atoms with Crippen molar-refractivity contribution in [2.75, 3.05) is 0 Å². The van der Waals surface area contributed by atoms with Gasteiger partial charge in [-0.25, -0.2) is 9.82 Å². The average molecular weight is 378 g/mol. The molecule has 0 radical (unpaired) electrons. The van der Waals surface area contributed by atoms with Crippen molar-refractivity contribution in [3.8, 4) is 0 Å². The van der Waals surface area contributed by atoms with Gasteiger partial charge < -0.3 is 0 Å². The first-order valence-corrected chi connectivity index (χ1v) is 7.35. The molecule has 1 atom stereocenters. The van der Waals surface area contributed by atoms with E-state index in [1.165, 1.54) is 0 Å². The number of hydrogen-bond acceptors (Lipinski definition) is 2. The van der Waals surface area contributed by atoms with E-state index in [0.717, 1.165) is 11.1 Å². The highest BCUT2D eigenvalue weighted by Crippen LogP contribution is 2.33. The summed E-state index contributed by atoms with van der Waals surface area (Å²) in [5.74, 6) is 5.07. The van der Waals surface area contributed by atoms with Gasteiger partial charge in [-0.1, -0.05) is 35.3 Å². The monoisotopic (exact) mass is 376 g/mol. The minimum Gasteiger partial charge on any atom is -0.271 e. The molecule has 2 nitrogen and oxygen atoms in total. The zero-order valence-electron chi connectivity index (χ0n) is 10.6. The molecule has 6 heteroatoms. The van der Waals surface area contributed by atoms with E-state index in [1.807, 2.05) is 19.1 Å². The summed E-state index contributed by atoms with van der Waals surface area (Å²) >= 11 is 15.1. The Morgan fingerprint density at radius 2 is 1.95 bits per heavy atom. The quantitative estimate of drug-likeness (QED) is 0.460. The number of hydrogen-bond donors (Lipinski definition) is 2. The van der Waals surface area contributed by atoms with Crippen molar-refractivity contribution in [1.82, 2.24) is 5.43 Å². The molecule has 1 unspecified atom stereocenters. The van der Waals surface area contributed by atoms with Crippen LogP contribution in [-0.2, 0) is 0 Å². The van der Waals surface area contributed by atoms with E-state index in [1.54, 1.807) is 18.2 Å². The van der Waals surface area contributed by atoms with Gasteiger partial charge in [0.15, 0.2) is 0 Å². The predicted molar refractivity (Wildman–Crippen MR) is 84.5 cm³/mol. The first-order valence-electron chi connectivity index (χ1n) is 5.80. The van der Waals surface area contributed by atoms with Crippen LogP contribution in [0.5, 0.6) is 0 Å². The number of halogens is 4. The average Bonchev–Trinajstić information content (AvgIpc) is 2.38. The van der Waals surface area contributed by atoms with Crippen molar-refractivity contribution in [1.29, 1.82) is 0 Å². The lowest BCUT2D eigenvalue weighted by Crippen LogP contribution is -2.29. The van der Waals surface area contributed by atoms with Crippen LogP contribution in [0.1, 0.15) is 22.7 Å². The lowest BCUT2D eigenvalue weighted by Gasteiger charge is -2.19. The highest BCUT2D eigenvalue weighted by Gasteiger charge is 2.20. The van der Waals surface area contributed by atoms with Gasteiger partial charge in [0.25, 0.3) is 0 Å². The maximum absolute atomic E-state index is 14.3. The van der Waals surface area contributed by atoms with E-state index < -0.39 is 11.9 Å². The van der Waals surface area contributed by atoms with Crippen molar-refractivity contribution in [3.05, 3.63) is 67.4 Å². The number of nitrogens with one attached hydrogen (secondary N) is 1. The van der Waals surface area contributed by atoms with Gasteiger partial charge in [-0.05, 0) is 52.2 Å². The van der Waals surface area contributed by atoms with Gasteiger partial charge in [0.05, 0.1) is 11.1 Å². The summed E-state index contributed by atoms with van der Waals surface area (Å²) in [7, 11) is 0. The minimum atomic E-state index is -0.530. The zero-order chi connectivity index (χ0) is 14.9. The van der Waals surface area contributed by atoms with Crippen molar-refractivity contribution >= 4 is 39.1 Å². The summed E-state index contributed by atoms with van der Waals surface area (Å²) in [6.45, 7) is 1.91. The molecule has 0 aliphatic heterocycles. The fourth-order valence-corrected chi connectivity index (χ4v) is 2.84. The molecule has 0 heterocycles. The molecule has 2 rings (SSSR count). The summed E-state index contributed by atoms with van der Waals surface area (Å²) in [6, 6.07) is 8.25. The van der Waals surface area contributed by atoms with Crippen LogP contribution in [0, 0.1) is 12.7 Å². The zero-order valence-corrected chi connectivity index (χ0v) is 13.7. The molecule has 2 aromatic rings. The van der Waals surface area contributed by atoms with Gasteiger partial charge in [-0.2, -0.15) is 0 Å². The first kappa shape index (κ1) is 15.7. The Hall–Kier alpha value is -0.650. The maximum Gasteiger partial charge on any atom is 0.148 e. The lowest BCUT2D eigenvalue weighted by molar-refractivity contribution is 0.559. The highest BCUT2D eigenvalue weighted by molar-refractivity contribution is 9.10. The van der Waals surface area contributed by atoms with Crippen LogP contribution in [-0.4, -0.2) is 0 Å². The van der Waals surface area contributed by atoms with Crippen molar-refractivity contribution in [3.63, 3.8) is 0 Å². The molecule has 0 saturated heterocycles. The molecule has 106 valence electrons. The van der Waals surface area contributed by atoms with Gasteiger partial charge in [-0.3, -0.25) is 5.84 Å². The summed E-state index contributed by atoms with van der Waals surface area (Å²) in [5.41, 5.74) is 4.71. The Labute approximate surface area is 135 Å². The first-order chi connectivity index (χ1) is 9.43. The largest absolute Gasteiger partial charge is 0.271 e. The number of aryl methyl sites for hydroxylation is 1. The normalized spacial score (nSPS) is 12.5. The van der Waals surface area contributed by atoms with E-state index in [4.69, 9.17) is 29.0 Å². The third-order valence-electron chi connectivity index (χ3n) is 2.94. The van der Waals surface area contributed by atoms with Gasteiger partial charge in [0, 0.05) is 15.1 Å². The van der Waals surface area contributed by atoms with Gasteiger partial charge >= 0.3 is 0 Å². The molecule has 0 spiro atoms. The summed E-state index contributed by atoms with van der Waals surface area (Å²) in [5, 5.41) is 0.602. The Kier molecular flexibility index (Phi) is 5.04. The van der Waals surface area contributed by atoms with Crippen LogP contribution in [0.15, 0.2) is 34.8 Å². The van der Waals surface area contributed by atoms with E-state index in [-0.39, 0.29) is 5.02 Å². The fraction of sp³-hybridized carbons (Fsp3) is 0.143. The topological polar surface area (TPSA) is 38.0 Å². The smallest absolute Gasteiger partial charge is 0.148 e. The van der Waals surface area contributed by atoms with Crippen LogP contribution in [0.2, 0.25) is 10.0 Å². The number of rotatable bonds is 3.